The number of hydrogen-bond donors (Lipinski definition) is 0. The maximum absolute atomic E-state index is 14.2. The van der Waals surface area contributed by atoms with E-state index >= 15 is 0 Å². The lowest BCUT2D eigenvalue weighted by molar-refractivity contribution is 0.106. The molecule has 0 unspecified atom stereocenters. The molecule has 0 heterocycles. The third-order valence-corrected chi connectivity index (χ3v) is 10.4. The smallest absolute Gasteiger partial charge is 0.190 e. The topological polar surface area (TPSA) is 17.1 Å². The molecule has 4 aromatic carbocycles. The minimum absolute atomic E-state index is 0.170. The number of ketones is 1. The molecule has 0 aliphatic rings. The van der Waals surface area contributed by atoms with Gasteiger partial charge in [0.15, 0.2) is 5.78 Å². The summed E-state index contributed by atoms with van der Waals surface area (Å²) in [5.74, 6) is 0.170. The lowest BCUT2D eigenvalue weighted by atomic mass is 10.0. The van der Waals surface area contributed by atoms with Crippen molar-refractivity contribution in [1.82, 2.24) is 0 Å². The second-order valence-corrected chi connectivity index (χ2v) is 11.4. The van der Waals surface area contributed by atoms with E-state index in [9.17, 15) is 4.79 Å². The van der Waals surface area contributed by atoms with E-state index in [0.29, 0.717) is 0 Å². The summed E-state index contributed by atoms with van der Waals surface area (Å²) < 4.78 is 0. The molecule has 4 rings (SSSR count). The summed E-state index contributed by atoms with van der Waals surface area (Å²) in [7, 11) is 0. The molecule has 160 valence electrons. The zero-order valence-electron chi connectivity index (χ0n) is 18.5. The third kappa shape index (κ3) is 4.27. The maximum atomic E-state index is 14.2. The number of unbranched alkanes of at least 4 members (excludes halogenated alkanes) is 1. The standard InChI is InChI=1S/C30H29OP/c1-2-3-24-29(30(31)25-16-8-4-9-17-25)32(26-18-10-5-11-19-26,27-20-12-6-13-21-27)28-22-14-7-15-23-28/h4-23H,2-3,24H2,1H3. The number of carbonyl (C=O) groups excluding carboxylic acids is 1. The fraction of sp³-hybridized carbons (Fsp3) is 0.133. The van der Waals surface area contributed by atoms with Crippen LogP contribution in [-0.4, -0.2) is 11.1 Å². The molecule has 0 aliphatic heterocycles. The van der Waals surface area contributed by atoms with Crippen molar-refractivity contribution in [3.05, 3.63) is 127 Å². The highest BCUT2D eigenvalue weighted by molar-refractivity contribution is 7.96. The Morgan fingerprint density at radius 2 is 0.969 bits per heavy atom. The minimum Gasteiger partial charge on any atom is -0.289 e. The first-order valence-electron chi connectivity index (χ1n) is 11.3. The maximum Gasteiger partial charge on any atom is 0.190 e. The van der Waals surface area contributed by atoms with Crippen molar-refractivity contribution in [2.24, 2.45) is 0 Å². The molecule has 0 aliphatic carbocycles. The van der Waals surface area contributed by atoms with Crippen LogP contribution in [0.25, 0.3) is 0 Å². The van der Waals surface area contributed by atoms with Gasteiger partial charge in [-0.3, -0.25) is 4.79 Å². The van der Waals surface area contributed by atoms with Crippen molar-refractivity contribution in [2.45, 2.75) is 26.2 Å². The summed E-state index contributed by atoms with van der Waals surface area (Å²) >= 11 is 0. The van der Waals surface area contributed by atoms with Crippen LogP contribution in [0.3, 0.4) is 0 Å². The Hall–Kier alpha value is -3.15. The van der Waals surface area contributed by atoms with Crippen LogP contribution in [0.4, 0.5) is 0 Å². The Kier molecular flexibility index (Phi) is 7.20. The number of carbonyl (C=O) groups is 1. The average molecular weight is 437 g/mol. The summed E-state index contributed by atoms with van der Waals surface area (Å²) in [6.45, 7) is -0.155. The van der Waals surface area contributed by atoms with Gasteiger partial charge in [0.2, 0.25) is 0 Å². The van der Waals surface area contributed by atoms with Gasteiger partial charge in [0, 0.05) is 10.9 Å². The summed E-state index contributed by atoms with van der Waals surface area (Å²) in [5.41, 5.74) is 0.769. The van der Waals surface area contributed by atoms with Crippen molar-refractivity contribution >= 4 is 33.9 Å². The van der Waals surface area contributed by atoms with Gasteiger partial charge in [-0.25, -0.2) is 0 Å². The molecule has 0 saturated carbocycles. The Morgan fingerprint density at radius 1 is 0.594 bits per heavy atom. The highest BCUT2D eigenvalue weighted by atomic mass is 31.2. The molecule has 0 saturated heterocycles. The lowest BCUT2D eigenvalue weighted by Gasteiger charge is -2.32. The van der Waals surface area contributed by atoms with E-state index in [1.807, 2.05) is 30.3 Å². The van der Waals surface area contributed by atoms with Crippen LogP contribution in [-0.2, 0) is 0 Å². The number of hydrogen-bond acceptors (Lipinski definition) is 1. The van der Waals surface area contributed by atoms with Crippen LogP contribution in [0.5, 0.6) is 0 Å². The van der Waals surface area contributed by atoms with Crippen molar-refractivity contribution in [3.8, 4) is 0 Å². The van der Waals surface area contributed by atoms with Gasteiger partial charge in [0.05, 0.1) is 0 Å². The summed E-state index contributed by atoms with van der Waals surface area (Å²) in [6.07, 6.45) is 2.82. The molecule has 0 aromatic heterocycles. The van der Waals surface area contributed by atoms with E-state index in [-0.39, 0.29) is 5.78 Å². The van der Waals surface area contributed by atoms with Crippen molar-refractivity contribution in [1.29, 1.82) is 0 Å². The molecule has 0 fully saturated rings. The molecule has 0 bridgehead atoms. The number of rotatable bonds is 8. The first-order chi connectivity index (χ1) is 15.8. The van der Waals surface area contributed by atoms with E-state index in [1.165, 1.54) is 15.9 Å². The zero-order chi connectivity index (χ0) is 22.2. The lowest BCUT2D eigenvalue weighted by Crippen LogP contribution is -2.33. The van der Waals surface area contributed by atoms with Gasteiger partial charge in [-0.2, -0.15) is 0 Å². The van der Waals surface area contributed by atoms with E-state index in [2.05, 4.69) is 97.9 Å². The van der Waals surface area contributed by atoms with Crippen LogP contribution in [0.1, 0.15) is 36.5 Å². The van der Waals surface area contributed by atoms with Gasteiger partial charge in [-0.05, 0) is 35.6 Å². The van der Waals surface area contributed by atoms with E-state index in [0.717, 1.165) is 30.1 Å². The van der Waals surface area contributed by atoms with Gasteiger partial charge >= 0.3 is 0 Å². The molecular formula is C30H29OP. The second-order valence-electron chi connectivity index (χ2n) is 7.92. The van der Waals surface area contributed by atoms with Crippen LogP contribution in [0, 0.1) is 0 Å². The molecule has 4 aromatic rings. The predicted octanol–water partition coefficient (Wildman–Crippen LogP) is 6.23. The Morgan fingerprint density at radius 3 is 1.34 bits per heavy atom. The third-order valence-electron chi connectivity index (χ3n) is 5.90. The minimum atomic E-state index is -2.35. The van der Waals surface area contributed by atoms with Gasteiger partial charge in [0.1, 0.15) is 0 Å². The summed E-state index contributed by atoms with van der Waals surface area (Å²) in [6, 6.07) is 41.8. The molecule has 0 N–H and O–H groups in total. The molecular weight excluding hydrogens is 407 g/mol. The molecule has 0 amide bonds. The Bertz CT molecular complexity index is 1090. The monoisotopic (exact) mass is 436 g/mol. The van der Waals surface area contributed by atoms with Crippen LogP contribution in [0.2, 0.25) is 0 Å². The SMILES string of the molecule is CCCCC(C(=O)c1ccccc1)=P(c1ccccc1)(c1ccccc1)c1ccccc1. The van der Waals surface area contributed by atoms with E-state index in [4.69, 9.17) is 0 Å². The highest BCUT2D eigenvalue weighted by Gasteiger charge is 2.32. The van der Waals surface area contributed by atoms with Gasteiger partial charge in [-0.15, -0.1) is 0 Å². The first kappa shape index (κ1) is 22.1. The van der Waals surface area contributed by atoms with Gasteiger partial charge in [0.25, 0.3) is 0 Å². The van der Waals surface area contributed by atoms with Gasteiger partial charge in [-0.1, -0.05) is 135 Å². The van der Waals surface area contributed by atoms with Gasteiger partial charge < -0.3 is 0 Å². The quantitative estimate of drug-likeness (QED) is 0.237. The van der Waals surface area contributed by atoms with Crippen molar-refractivity contribution in [3.63, 3.8) is 0 Å². The number of Topliss-reactive ketones (excluding diaryl/α,β-unsaturated/α-hetero) is 1. The number of benzene rings is 4. The van der Waals surface area contributed by atoms with Crippen LogP contribution in [0.15, 0.2) is 121 Å². The Balaban J connectivity index is 2.19. The fourth-order valence-electron chi connectivity index (χ4n) is 4.40. The van der Waals surface area contributed by atoms with Crippen molar-refractivity contribution < 1.29 is 4.79 Å². The van der Waals surface area contributed by atoms with E-state index in [1.54, 1.807) is 0 Å². The molecule has 0 atom stereocenters. The Labute approximate surface area is 191 Å². The summed E-state index contributed by atoms with van der Waals surface area (Å²) in [4.78, 5) is 14.2. The average Bonchev–Trinajstić information content (AvgIpc) is 2.88. The van der Waals surface area contributed by atoms with Crippen LogP contribution >= 0.6 is 6.89 Å². The van der Waals surface area contributed by atoms with Crippen LogP contribution < -0.4 is 15.9 Å². The largest absolute Gasteiger partial charge is 0.289 e. The van der Waals surface area contributed by atoms with Crippen molar-refractivity contribution in [2.75, 3.05) is 0 Å². The predicted molar refractivity (Wildman–Crippen MR) is 140 cm³/mol. The highest BCUT2D eigenvalue weighted by Crippen LogP contribution is 2.47. The normalized spacial score (nSPS) is 11.2. The second kappa shape index (κ2) is 10.4. The summed E-state index contributed by atoms with van der Waals surface area (Å²) in [5, 5.41) is 4.72. The molecule has 32 heavy (non-hydrogen) atoms. The first-order valence-corrected chi connectivity index (χ1v) is 13.1. The zero-order valence-corrected chi connectivity index (χ0v) is 19.4. The fourth-order valence-corrected chi connectivity index (χ4v) is 9.02. The molecule has 0 radical (unpaired) electrons. The molecule has 0 spiro atoms. The molecule has 1 nitrogen and oxygen atoms in total. The molecule has 2 heteroatoms. The van der Waals surface area contributed by atoms with E-state index < -0.39 is 6.89 Å².